The maximum Gasteiger partial charge on any atom is -0.0207 e. The summed E-state index contributed by atoms with van der Waals surface area (Å²) in [5.41, 5.74) is 3.30. The quantitative estimate of drug-likeness (QED) is 0.442. The van der Waals surface area contributed by atoms with E-state index in [9.17, 15) is 0 Å². The van der Waals surface area contributed by atoms with Gasteiger partial charge in [-0.2, -0.15) is 0 Å². The molecule has 5 aliphatic carbocycles. The highest BCUT2D eigenvalue weighted by Crippen LogP contribution is 2.82. The molecule has 132 valence electrons. The third kappa shape index (κ3) is 1.65. The highest BCUT2D eigenvalue weighted by molar-refractivity contribution is 5.22. The molecule has 0 spiro atoms. The highest BCUT2D eigenvalue weighted by Gasteiger charge is 2.73. The molecule has 0 N–H and O–H groups in total. The van der Waals surface area contributed by atoms with Crippen molar-refractivity contribution in [3.8, 4) is 0 Å². The van der Waals surface area contributed by atoms with Crippen LogP contribution in [0.15, 0.2) is 0 Å². The molecular formula is C23H40. The first-order valence-corrected chi connectivity index (χ1v) is 10.4. The zero-order chi connectivity index (χ0) is 16.9. The number of hydrogen-bond acceptors (Lipinski definition) is 0. The summed E-state index contributed by atoms with van der Waals surface area (Å²) in [6.07, 6.45) is 13.3. The van der Waals surface area contributed by atoms with Gasteiger partial charge in [-0.05, 0) is 89.8 Å². The van der Waals surface area contributed by atoms with E-state index in [0.29, 0.717) is 32.5 Å². The molecule has 0 nitrogen and oxygen atoms in total. The fourth-order valence-electron chi connectivity index (χ4n) is 9.26. The smallest absolute Gasteiger partial charge is 0.0207 e. The van der Waals surface area contributed by atoms with Crippen molar-refractivity contribution in [2.24, 2.45) is 38.4 Å². The maximum atomic E-state index is 2.74. The van der Waals surface area contributed by atoms with Gasteiger partial charge in [0.25, 0.3) is 0 Å². The van der Waals surface area contributed by atoms with Crippen LogP contribution < -0.4 is 0 Å². The van der Waals surface area contributed by atoms with E-state index in [1.54, 1.807) is 0 Å². The third-order valence-electron chi connectivity index (χ3n) is 11.1. The van der Waals surface area contributed by atoms with E-state index in [0.717, 1.165) is 5.92 Å². The minimum absolute atomic E-state index is 0.530. The first-order valence-electron chi connectivity index (χ1n) is 10.4. The summed E-state index contributed by atoms with van der Waals surface area (Å²) in [5.74, 6) is 0.893. The Kier molecular flexibility index (Phi) is 3.01. The monoisotopic (exact) mass is 316 g/mol. The van der Waals surface area contributed by atoms with Crippen LogP contribution in [0.5, 0.6) is 0 Å². The lowest BCUT2D eigenvalue weighted by Gasteiger charge is -2.54. The molecule has 5 saturated carbocycles. The van der Waals surface area contributed by atoms with E-state index < -0.39 is 0 Å². The fraction of sp³-hybridized carbons (Fsp3) is 1.00. The first kappa shape index (κ1) is 16.5. The SMILES string of the molecule is CC1CC2(C)CCC3(C)CC(C)(C1)C1(C)CCCC2(C)CC31C. The second kappa shape index (κ2) is 4.21. The predicted molar refractivity (Wildman–Crippen MR) is 99.4 cm³/mol. The van der Waals surface area contributed by atoms with Gasteiger partial charge >= 0.3 is 0 Å². The van der Waals surface area contributed by atoms with Crippen molar-refractivity contribution in [1.82, 2.24) is 0 Å². The van der Waals surface area contributed by atoms with Crippen LogP contribution >= 0.6 is 0 Å². The zero-order valence-corrected chi connectivity index (χ0v) is 16.9. The standard InChI is InChI=1S/C23H40/c1-17-13-18(2)11-12-20(4)15-21(5,14-17)22(6)10-8-9-19(18,3)16-23(20,22)7/h17H,8-16H2,1-7H3. The van der Waals surface area contributed by atoms with Gasteiger partial charge in [-0.1, -0.05) is 54.9 Å². The molecular weight excluding hydrogens is 276 g/mol. The van der Waals surface area contributed by atoms with Gasteiger partial charge in [0.05, 0.1) is 0 Å². The highest BCUT2D eigenvalue weighted by atomic mass is 14.8. The molecule has 0 amide bonds. The summed E-state index contributed by atoms with van der Waals surface area (Å²) in [6.45, 7) is 18.8. The number of rotatable bonds is 0. The lowest BCUT2D eigenvalue weighted by atomic mass is 9.50. The average molecular weight is 317 g/mol. The van der Waals surface area contributed by atoms with Gasteiger partial charge in [0.2, 0.25) is 0 Å². The van der Waals surface area contributed by atoms with E-state index in [1.807, 2.05) is 0 Å². The summed E-state index contributed by atoms with van der Waals surface area (Å²) in [6, 6.07) is 0. The van der Waals surface area contributed by atoms with Crippen molar-refractivity contribution in [3.63, 3.8) is 0 Å². The second-order valence-corrected chi connectivity index (χ2v) is 12.1. The van der Waals surface area contributed by atoms with Gasteiger partial charge in [-0.15, -0.1) is 0 Å². The molecule has 0 aromatic heterocycles. The molecule has 23 heavy (non-hydrogen) atoms. The Morgan fingerprint density at radius 1 is 0.565 bits per heavy atom. The molecule has 5 rings (SSSR count). The van der Waals surface area contributed by atoms with E-state index in [4.69, 9.17) is 0 Å². The Balaban J connectivity index is 2.04. The average Bonchev–Trinajstić information content (AvgIpc) is 2.48. The molecule has 0 heterocycles. The molecule has 0 aliphatic heterocycles. The van der Waals surface area contributed by atoms with Crippen LogP contribution in [0.1, 0.15) is 106 Å². The van der Waals surface area contributed by atoms with E-state index >= 15 is 0 Å². The van der Waals surface area contributed by atoms with Crippen molar-refractivity contribution in [2.45, 2.75) is 106 Å². The van der Waals surface area contributed by atoms with Gasteiger partial charge in [0.15, 0.2) is 0 Å². The molecule has 5 aliphatic rings. The lowest BCUT2D eigenvalue weighted by molar-refractivity contribution is -0.0552. The maximum absolute atomic E-state index is 2.74. The first-order chi connectivity index (χ1) is 10.4. The second-order valence-electron chi connectivity index (χ2n) is 12.1. The Bertz CT molecular complexity index is 536. The molecule has 0 aromatic carbocycles. The van der Waals surface area contributed by atoms with Gasteiger partial charge in [-0.25, -0.2) is 0 Å². The van der Waals surface area contributed by atoms with Gasteiger partial charge in [0, 0.05) is 0 Å². The third-order valence-corrected chi connectivity index (χ3v) is 11.1. The molecule has 0 saturated heterocycles. The lowest BCUT2D eigenvalue weighted by Crippen LogP contribution is -2.47. The Labute approximate surface area is 145 Å². The predicted octanol–water partition coefficient (Wildman–Crippen LogP) is 7.23. The molecule has 5 fully saturated rings. The summed E-state index contributed by atoms with van der Waals surface area (Å²) in [4.78, 5) is 0. The summed E-state index contributed by atoms with van der Waals surface area (Å²) in [7, 11) is 0. The number of fused-ring (bicyclic) bond motifs is 3. The van der Waals surface area contributed by atoms with Crippen LogP contribution in [-0.2, 0) is 0 Å². The van der Waals surface area contributed by atoms with E-state index in [2.05, 4.69) is 48.5 Å². The Hall–Kier alpha value is 0. The van der Waals surface area contributed by atoms with Crippen molar-refractivity contribution < 1.29 is 0 Å². The molecule has 7 unspecified atom stereocenters. The van der Waals surface area contributed by atoms with E-state index in [1.165, 1.54) is 57.8 Å². The minimum atomic E-state index is 0.530. The Morgan fingerprint density at radius 2 is 1.17 bits per heavy atom. The summed E-state index contributed by atoms with van der Waals surface area (Å²) in [5, 5.41) is 0. The summed E-state index contributed by atoms with van der Waals surface area (Å²) < 4.78 is 0. The van der Waals surface area contributed by atoms with Gasteiger partial charge in [0.1, 0.15) is 0 Å². The zero-order valence-electron chi connectivity index (χ0n) is 16.9. The van der Waals surface area contributed by atoms with Crippen LogP contribution in [0.4, 0.5) is 0 Å². The fourth-order valence-corrected chi connectivity index (χ4v) is 9.26. The topological polar surface area (TPSA) is 0 Å². The largest absolute Gasteiger partial charge is 0.0625 e. The minimum Gasteiger partial charge on any atom is -0.0625 e. The van der Waals surface area contributed by atoms with Crippen LogP contribution in [0.3, 0.4) is 0 Å². The normalized spacial score (nSPS) is 65.1. The molecule has 0 aromatic rings. The number of hydrogen-bond donors (Lipinski definition) is 0. The molecule has 0 radical (unpaired) electrons. The van der Waals surface area contributed by atoms with Crippen LogP contribution in [0.2, 0.25) is 0 Å². The van der Waals surface area contributed by atoms with Gasteiger partial charge in [-0.3, -0.25) is 0 Å². The van der Waals surface area contributed by atoms with Crippen LogP contribution in [0.25, 0.3) is 0 Å². The molecule has 7 atom stereocenters. The van der Waals surface area contributed by atoms with Crippen LogP contribution in [0, 0.1) is 38.4 Å². The Morgan fingerprint density at radius 3 is 1.87 bits per heavy atom. The van der Waals surface area contributed by atoms with Crippen molar-refractivity contribution >= 4 is 0 Å². The van der Waals surface area contributed by atoms with Crippen molar-refractivity contribution in [1.29, 1.82) is 0 Å². The summed E-state index contributed by atoms with van der Waals surface area (Å²) >= 11 is 0. The van der Waals surface area contributed by atoms with Gasteiger partial charge < -0.3 is 0 Å². The van der Waals surface area contributed by atoms with Crippen molar-refractivity contribution in [3.05, 3.63) is 0 Å². The molecule has 6 bridgehead atoms. The molecule has 0 heteroatoms. The van der Waals surface area contributed by atoms with E-state index in [-0.39, 0.29) is 0 Å². The van der Waals surface area contributed by atoms with Crippen molar-refractivity contribution in [2.75, 3.05) is 0 Å². The van der Waals surface area contributed by atoms with Crippen LogP contribution in [-0.4, -0.2) is 0 Å².